The van der Waals surface area contributed by atoms with Crippen LogP contribution in [-0.4, -0.2) is 11.9 Å². The monoisotopic (exact) mass is 180 g/mol. The maximum Gasteiger partial charge on any atom is 0.236 e. The van der Waals surface area contributed by atoms with Crippen LogP contribution in [-0.2, 0) is 11.3 Å². The fourth-order valence-electron chi connectivity index (χ4n) is 0.835. The standard InChI is InChI=1S/C10H14N2O/c1-8(11)10(13)12-7-9-5-3-2-4-6-9/h2-6,8H,7,11H2,1H3,(H,12,13)/i3D,5D. The van der Waals surface area contributed by atoms with Crippen molar-refractivity contribution in [1.82, 2.24) is 5.32 Å². The third kappa shape index (κ3) is 3.25. The molecule has 13 heavy (non-hydrogen) atoms. The summed E-state index contributed by atoms with van der Waals surface area (Å²) in [5.74, 6) is -0.259. The van der Waals surface area contributed by atoms with Crippen LogP contribution in [0, 0.1) is 0 Å². The van der Waals surface area contributed by atoms with Crippen molar-refractivity contribution in [3.63, 3.8) is 0 Å². The van der Waals surface area contributed by atoms with E-state index in [4.69, 9.17) is 8.48 Å². The zero-order valence-corrected chi connectivity index (χ0v) is 7.50. The molecule has 0 aliphatic rings. The molecule has 3 N–H and O–H groups in total. The lowest BCUT2D eigenvalue weighted by Gasteiger charge is -2.06. The zero-order chi connectivity index (χ0) is 11.4. The van der Waals surface area contributed by atoms with Gasteiger partial charge in [0, 0.05) is 6.54 Å². The van der Waals surface area contributed by atoms with E-state index in [1.165, 1.54) is 0 Å². The van der Waals surface area contributed by atoms with E-state index in [0.717, 1.165) is 0 Å². The van der Waals surface area contributed by atoms with Crippen molar-refractivity contribution in [3.05, 3.63) is 35.8 Å². The number of carbonyl (C=O) groups excluding carboxylic acids is 1. The Balaban J connectivity index is 2.66. The highest BCUT2D eigenvalue weighted by atomic mass is 16.2. The summed E-state index contributed by atoms with van der Waals surface area (Å²) in [6.45, 7) is 1.84. The Hall–Kier alpha value is -1.35. The number of benzene rings is 1. The first-order valence-electron chi connectivity index (χ1n) is 5.10. The third-order valence-electron chi connectivity index (χ3n) is 1.58. The van der Waals surface area contributed by atoms with Gasteiger partial charge in [-0.1, -0.05) is 30.3 Å². The van der Waals surface area contributed by atoms with E-state index in [0.29, 0.717) is 5.56 Å². The quantitative estimate of drug-likeness (QED) is 0.717. The second-order valence-corrected chi connectivity index (χ2v) is 2.83. The minimum atomic E-state index is -0.557. The number of amides is 1. The summed E-state index contributed by atoms with van der Waals surface area (Å²) in [5.41, 5.74) is 5.99. The van der Waals surface area contributed by atoms with Gasteiger partial charge in [0.15, 0.2) is 0 Å². The molecule has 0 aliphatic carbocycles. The Morgan fingerprint density at radius 1 is 1.77 bits per heavy atom. The Labute approximate surface area is 80.8 Å². The van der Waals surface area contributed by atoms with Gasteiger partial charge in [0.05, 0.1) is 8.78 Å². The number of rotatable bonds is 3. The third-order valence-corrected chi connectivity index (χ3v) is 1.58. The lowest BCUT2D eigenvalue weighted by molar-refractivity contribution is -0.122. The molecule has 0 aliphatic heterocycles. The molecule has 0 spiro atoms. The fourth-order valence-corrected chi connectivity index (χ4v) is 0.835. The first-order valence-corrected chi connectivity index (χ1v) is 4.10. The van der Waals surface area contributed by atoms with E-state index in [2.05, 4.69) is 5.32 Å². The lowest BCUT2D eigenvalue weighted by Crippen LogP contribution is -2.37. The van der Waals surface area contributed by atoms with Gasteiger partial charge in [-0.15, -0.1) is 0 Å². The molecule has 0 saturated carbocycles. The molecule has 0 fully saturated rings. The summed E-state index contributed by atoms with van der Waals surface area (Å²) in [6, 6.07) is 4.68. The van der Waals surface area contributed by atoms with Gasteiger partial charge >= 0.3 is 0 Å². The molecule has 0 heterocycles. The van der Waals surface area contributed by atoms with Crippen molar-refractivity contribution in [1.29, 1.82) is 0 Å². The maximum atomic E-state index is 11.2. The van der Waals surface area contributed by atoms with Crippen LogP contribution in [0.1, 0.15) is 15.2 Å². The molecular formula is C10H14N2O. The van der Waals surface area contributed by atoms with Crippen molar-refractivity contribution >= 4 is 5.91 Å². The summed E-state index contributed by atoms with van der Waals surface area (Å²) >= 11 is 0. The van der Waals surface area contributed by atoms with Gasteiger partial charge < -0.3 is 11.1 Å². The molecule has 1 aromatic carbocycles. The first kappa shape index (κ1) is 7.09. The number of hydrogen-bond acceptors (Lipinski definition) is 2. The minimum absolute atomic E-state index is 0.141. The molecule has 0 aromatic heterocycles. The molecule has 1 atom stereocenters. The van der Waals surface area contributed by atoms with Gasteiger partial charge in [-0.2, -0.15) is 0 Å². The predicted octanol–water partition coefficient (Wildman–Crippen LogP) is 0.650. The van der Waals surface area contributed by atoms with Gasteiger partial charge in [0.25, 0.3) is 0 Å². The second kappa shape index (κ2) is 4.62. The minimum Gasteiger partial charge on any atom is -0.351 e. The average Bonchev–Trinajstić information content (AvgIpc) is 2.19. The Morgan fingerprint density at radius 3 is 3.23 bits per heavy atom. The summed E-state index contributed by atoms with van der Waals surface area (Å²) in [6.07, 6.45) is 0. The Kier molecular flexibility index (Phi) is 2.52. The average molecular weight is 180 g/mol. The van der Waals surface area contributed by atoms with Crippen molar-refractivity contribution in [3.8, 4) is 0 Å². The zero-order valence-electron chi connectivity index (χ0n) is 9.50. The molecule has 0 bridgehead atoms. The van der Waals surface area contributed by atoms with Crippen LogP contribution >= 0.6 is 0 Å². The SMILES string of the molecule is [2H]c1cccc(CNC(=O)C(C)N)c1[2H]. The number of hydrogen-bond donors (Lipinski definition) is 2. The van der Waals surface area contributed by atoms with Crippen LogP contribution in [0.2, 0.25) is 0 Å². The Morgan fingerprint density at radius 2 is 2.54 bits per heavy atom. The first-order chi connectivity index (χ1) is 7.02. The number of carbonyl (C=O) groups is 1. The molecule has 0 saturated heterocycles. The highest BCUT2D eigenvalue weighted by Gasteiger charge is 2.05. The van der Waals surface area contributed by atoms with Gasteiger partial charge in [-0.25, -0.2) is 0 Å². The van der Waals surface area contributed by atoms with Crippen molar-refractivity contribution in [2.24, 2.45) is 5.73 Å². The van der Waals surface area contributed by atoms with Crippen LogP contribution in [0.25, 0.3) is 0 Å². The summed E-state index contributed by atoms with van der Waals surface area (Å²) in [5, 5.41) is 2.60. The van der Waals surface area contributed by atoms with Crippen LogP contribution in [0.4, 0.5) is 0 Å². The van der Waals surface area contributed by atoms with Crippen LogP contribution in [0.3, 0.4) is 0 Å². The second-order valence-electron chi connectivity index (χ2n) is 2.83. The van der Waals surface area contributed by atoms with Crippen molar-refractivity contribution in [2.75, 3.05) is 0 Å². The highest BCUT2D eigenvalue weighted by Crippen LogP contribution is 1.96. The maximum absolute atomic E-state index is 11.2. The fraction of sp³-hybridized carbons (Fsp3) is 0.300. The van der Waals surface area contributed by atoms with E-state index in [1.807, 2.05) is 0 Å². The molecule has 70 valence electrons. The normalized spacial score (nSPS) is 14.3. The van der Waals surface area contributed by atoms with Crippen LogP contribution < -0.4 is 11.1 Å². The molecular weight excluding hydrogens is 164 g/mol. The largest absolute Gasteiger partial charge is 0.351 e. The molecule has 1 rings (SSSR count). The number of nitrogens with two attached hydrogens (primary N) is 1. The van der Waals surface area contributed by atoms with Gasteiger partial charge in [0.2, 0.25) is 5.91 Å². The summed E-state index contributed by atoms with van der Waals surface area (Å²) in [7, 11) is 0. The van der Waals surface area contributed by atoms with Gasteiger partial charge in [0.1, 0.15) is 0 Å². The van der Waals surface area contributed by atoms with Crippen molar-refractivity contribution < 1.29 is 7.54 Å². The van der Waals surface area contributed by atoms with E-state index < -0.39 is 6.04 Å². The molecule has 1 amide bonds. The van der Waals surface area contributed by atoms with E-state index >= 15 is 0 Å². The van der Waals surface area contributed by atoms with E-state index in [9.17, 15) is 4.79 Å². The van der Waals surface area contributed by atoms with Crippen LogP contribution in [0.5, 0.6) is 0 Å². The summed E-state index contributed by atoms with van der Waals surface area (Å²) < 4.78 is 15.0. The summed E-state index contributed by atoms with van der Waals surface area (Å²) in [4.78, 5) is 11.2. The lowest BCUT2D eigenvalue weighted by atomic mass is 10.2. The van der Waals surface area contributed by atoms with Crippen molar-refractivity contribution in [2.45, 2.75) is 19.5 Å². The molecule has 3 nitrogen and oxygen atoms in total. The Bertz CT molecular complexity index is 366. The molecule has 0 radical (unpaired) electrons. The van der Waals surface area contributed by atoms with Gasteiger partial charge in [-0.3, -0.25) is 4.79 Å². The smallest absolute Gasteiger partial charge is 0.236 e. The predicted molar refractivity (Wildman–Crippen MR) is 51.9 cm³/mol. The molecule has 1 aromatic rings. The van der Waals surface area contributed by atoms with E-state index in [1.54, 1.807) is 25.1 Å². The van der Waals surface area contributed by atoms with Crippen LogP contribution in [0.15, 0.2) is 30.3 Å². The highest BCUT2D eigenvalue weighted by molar-refractivity contribution is 5.80. The molecule has 1 unspecified atom stereocenters. The van der Waals surface area contributed by atoms with E-state index in [-0.39, 0.29) is 24.5 Å². The number of nitrogens with one attached hydrogen (secondary N) is 1. The molecule has 3 heteroatoms. The van der Waals surface area contributed by atoms with Gasteiger partial charge in [-0.05, 0) is 12.5 Å². The topological polar surface area (TPSA) is 55.1 Å².